The van der Waals surface area contributed by atoms with Crippen LogP contribution in [0.4, 0.5) is 0 Å². The molecule has 0 saturated carbocycles. The van der Waals surface area contributed by atoms with Crippen LogP contribution in [0.25, 0.3) is 0 Å². The van der Waals surface area contributed by atoms with Crippen molar-refractivity contribution in [2.24, 2.45) is 4.99 Å². The van der Waals surface area contributed by atoms with E-state index in [1.54, 1.807) is 20.2 Å². The van der Waals surface area contributed by atoms with Crippen LogP contribution < -0.4 is 10.6 Å². The van der Waals surface area contributed by atoms with Crippen molar-refractivity contribution in [3.8, 4) is 0 Å². The van der Waals surface area contributed by atoms with Crippen LogP contribution in [0.15, 0.2) is 23.2 Å². The Labute approximate surface area is 142 Å². The van der Waals surface area contributed by atoms with Gasteiger partial charge < -0.3 is 20.1 Å². The summed E-state index contributed by atoms with van der Waals surface area (Å²) >= 11 is 12.1. The maximum absolute atomic E-state index is 6.21. The number of hydrogen-bond donors (Lipinski definition) is 2. The van der Waals surface area contributed by atoms with Gasteiger partial charge in [-0.3, -0.25) is 4.99 Å². The van der Waals surface area contributed by atoms with Gasteiger partial charge in [0, 0.05) is 30.7 Å². The summed E-state index contributed by atoms with van der Waals surface area (Å²) in [7, 11) is 3.37. The summed E-state index contributed by atoms with van der Waals surface area (Å²) in [6, 6.07) is 5.46. The summed E-state index contributed by atoms with van der Waals surface area (Å²) in [6.07, 6.45) is 0. The number of guanidine groups is 1. The number of benzene rings is 1. The van der Waals surface area contributed by atoms with Crippen LogP contribution in [-0.4, -0.2) is 46.5 Å². The number of methoxy groups -OCH3 is 1. The van der Waals surface area contributed by atoms with E-state index in [1.807, 2.05) is 19.1 Å². The smallest absolute Gasteiger partial charge is 0.191 e. The number of ether oxygens (including phenoxy) is 2. The Hall–Kier alpha value is -1.01. The van der Waals surface area contributed by atoms with Crippen LogP contribution >= 0.6 is 23.2 Å². The van der Waals surface area contributed by atoms with Crippen molar-refractivity contribution in [1.29, 1.82) is 0 Å². The molecule has 124 valence electrons. The van der Waals surface area contributed by atoms with Gasteiger partial charge in [-0.15, -0.1) is 0 Å². The van der Waals surface area contributed by atoms with Crippen LogP contribution in [0.1, 0.15) is 18.5 Å². The molecule has 0 aliphatic rings. The summed E-state index contributed by atoms with van der Waals surface area (Å²) in [5.41, 5.74) is 0.963. The largest absolute Gasteiger partial charge is 0.382 e. The monoisotopic (exact) mass is 347 g/mol. The van der Waals surface area contributed by atoms with Gasteiger partial charge in [0.05, 0.1) is 25.9 Å². The van der Waals surface area contributed by atoms with Crippen LogP contribution in [0.5, 0.6) is 0 Å². The third-order valence-corrected chi connectivity index (χ3v) is 3.54. The first-order valence-corrected chi connectivity index (χ1v) is 7.83. The average molecular weight is 348 g/mol. The second kappa shape index (κ2) is 10.7. The lowest BCUT2D eigenvalue weighted by Crippen LogP contribution is -2.40. The number of nitrogens with zero attached hydrogens (tertiary/aromatic N) is 1. The highest BCUT2D eigenvalue weighted by atomic mass is 35.5. The summed E-state index contributed by atoms with van der Waals surface area (Å²) in [5.74, 6) is 0.689. The van der Waals surface area contributed by atoms with Crippen LogP contribution in [0.3, 0.4) is 0 Å². The van der Waals surface area contributed by atoms with Crippen LogP contribution in [-0.2, 0) is 9.47 Å². The Balaban J connectivity index is 2.42. The van der Waals surface area contributed by atoms with Gasteiger partial charge in [0.2, 0.25) is 0 Å². The van der Waals surface area contributed by atoms with Gasteiger partial charge in [-0.25, -0.2) is 0 Å². The van der Waals surface area contributed by atoms with Gasteiger partial charge >= 0.3 is 0 Å². The molecule has 5 nitrogen and oxygen atoms in total. The minimum absolute atomic E-state index is 0.00498. The molecule has 0 aliphatic carbocycles. The van der Waals surface area contributed by atoms with E-state index in [0.29, 0.717) is 42.4 Å². The van der Waals surface area contributed by atoms with E-state index < -0.39 is 0 Å². The van der Waals surface area contributed by atoms with Crippen molar-refractivity contribution in [3.63, 3.8) is 0 Å². The molecule has 0 heterocycles. The number of halogens is 2. The van der Waals surface area contributed by atoms with E-state index in [2.05, 4.69) is 15.6 Å². The van der Waals surface area contributed by atoms with Gasteiger partial charge in [0.25, 0.3) is 0 Å². The molecular formula is C15H23Cl2N3O2. The SMILES string of the molecule is CN=C(NCCOCCOC)NC(C)c1ccc(Cl)cc1Cl. The fourth-order valence-electron chi connectivity index (χ4n) is 1.82. The quantitative estimate of drug-likeness (QED) is 0.431. The van der Waals surface area contributed by atoms with E-state index in [4.69, 9.17) is 32.7 Å². The molecular weight excluding hydrogens is 325 g/mol. The molecule has 0 aliphatic heterocycles. The normalized spacial score (nSPS) is 13.0. The molecule has 1 unspecified atom stereocenters. The van der Waals surface area contributed by atoms with Gasteiger partial charge in [0.15, 0.2) is 5.96 Å². The molecule has 1 atom stereocenters. The summed E-state index contributed by atoms with van der Waals surface area (Å²) < 4.78 is 10.3. The minimum Gasteiger partial charge on any atom is -0.382 e. The minimum atomic E-state index is 0.00498. The fourth-order valence-corrected chi connectivity index (χ4v) is 2.39. The van der Waals surface area contributed by atoms with Crippen molar-refractivity contribution in [2.75, 3.05) is 40.5 Å². The topological polar surface area (TPSA) is 54.9 Å². The molecule has 1 rings (SSSR count). The Morgan fingerprint density at radius 2 is 2.05 bits per heavy atom. The molecule has 0 bridgehead atoms. The first kappa shape index (κ1) is 19.0. The van der Waals surface area contributed by atoms with E-state index in [-0.39, 0.29) is 6.04 Å². The highest BCUT2D eigenvalue weighted by Gasteiger charge is 2.11. The lowest BCUT2D eigenvalue weighted by molar-refractivity contribution is 0.0733. The van der Waals surface area contributed by atoms with Crippen molar-refractivity contribution < 1.29 is 9.47 Å². The second-order valence-electron chi connectivity index (χ2n) is 4.64. The highest BCUT2D eigenvalue weighted by Crippen LogP contribution is 2.25. The number of rotatable bonds is 8. The van der Waals surface area contributed by atoms with Crippen molar-refractivity contribution >= 4 is 29.2 Å². The molecule has 0 aromatic heterocycles. The predicted octanol–water partition coefficient (Wildman–Crippen LogP) is 2.88. The van der Waals surface area contributed by atoms with E-state index in [1.165, 1.54) is 0 Å². The van der Waals surface area contributed by atoms with Crippen molar-refractivity contribution in [1.82, 2.24) is 10.6 Å². The third-order valence-electron chi connectivity index (χ3n) is 2.98. The van der Waals surface area contributed by atoms with Crippen molar-refractivity contribution in [3.05, 3.63) is 33.8 Å². The molecule has 22 heavy (non-hydrogen) atoms. The standard InChI is InChI=1S/C15H23Cl2N3O2/c1-11(13-5-4-12(16)10-14(13)17)20-15(18-2)19-6-7-22-9-8-21-3/h4-5,10-11H,6-9H2,1-3H3,(H2,18,19,20). The third kappa shape index (κ3) is 6.83. The predicted molar refractivity (Wildman–Crippen MR) is 92.1 cm³/mol. The first-order valence-electron chi connectivity index (χ1n) is 7.07. The maximum Gasteiger partial charge on any atom is 0.191 e. The van der Waals surface area contributed by atoms with Gasteiger partial charge in [-0.1, -0.05) is 29.3 Å². The van der Waals surface area contributed by atoms with Gasteiger partial charge in [0.1, 0.15) is 0 Å². The molecule has 0 spiro atoms. The summed E-state index contributed by atoms with van der Waals surface area (Å²) in [5, 5.41) is 7.71. The zero-order valence-electron chi connectivity index (χ0n) is 13.2. The number of hydrogen-bond acceptors (Lipinski definition) is 3. The first-order chi connectivity index (χ1) is 10.6. The average Bonchev–Trinajstić information content (AvgIpc) is 2.49. The zero-order chi connectivity index (χ0) is 16.4. The Kier molecular flexibility index (Phi) is 9.24. The molecule has 0 amide bonds. The highest BCUT2D eigenvalue weighted by molar-refractivity contribution is 6.35. The van der Waals surface area contributed by atoms with E-state index in [9.17, 15) is 0 Å². The van der Waals surface area contributed by atoms with E-state index >= 15 is 0 Å². The van der Waals surface area contributed by atoms with Crippen LogP contribution in [0, 0.1) is 0 Å². The molecule has 1 aromatic rings. The molecule has 7 heteroatoms. The van der Waals surface area contributed by atoms with E-state index in [0.717, 1.165) is 5.56 Å². The molecule has 2 N–H and O–H groups in total. The fraction of sp³-hybridized carbons (Fsp3) is 0.533. The zero-order valence-corrected chi connectivity index (χ0v) is 14.7. The maximum atomic E-state index is 6.21. The van der Waals surface area contributed by atoms with Gasteiger partial charge in [-0.2, -0.15) is 0 Å². The molecule has 1 aromatic carbocycles. The summed E-state index contributed by atoms with van der Waals surface area (Å²) in [6.45, 7) is 4.43. The molecule has 0 radical (unpaired) electrons. The number of nitrogens with one attached hydrogen (secondary N) is 2. The Morgan fingerprint density at radius 1 is 1.27 bits per heavy atom. The van der Waals surface area contributed by atoms with Gasteiger partial charge in [-0.05, 0) is 24.6 Å². The van der Waals surface area contributed by atoms with Crippen molar-refractivity contribution in [2.45, 2.75) is 13.0 Å². The number of aliphatic imine (C=N–C) groups is 1. The molecule has 0 fully saturated rings. The lowest BCUT2D eigenvalue weighted by atomic mass is 10.1. The summed E-state index contributed by atoms with van der Waals surface area (Å²) in [4.78, 5) is 4.18. The Morgan fingerprint density at radius 3 is 2.68 bits per heavy atom. The lowest BCUT2D eigenvalue weighted by Gasteiger charge is -2.19. The Bertz CT molecular complexity index is 484. The van der Waals surface area contributed by atoms with Crippen LogP contribution in [0.2, 0.25) is 10.0 Å². The second-order valence-corrected chi connectivity index (χ2v) is 5.48. The molecule has 0 saturated heterocycles.